The van der Waals surface area contributed by atoms with E-state index in [0.29, 0.717) is 6.04 Å². The first-order valence-electron chi connectivity index (χ1n) is 4.21. The fraction of sp³-hybridized carbons (Fsp3) is 0.300. The molecule has 0 radical (unpaired) electrons. The number of benzene rings is 1. The molecule has 2 nitrogen and oxygen atoms in total. The molecule has 0 saturated heterocycles. The van der Waals surface area contributed by atoms with E-state index < -0.39 is 0 Å². The monoisotopic (exact) mass is 160 g/mol. The van der Waals surface area contributed by atoms with Crippen molar-refractivity contribution in [2.45, 2.75) is 19.9 Å². The smallest absolute Gasteiger partial charge is 0.0685 e. The van der Waals surface area contributed by atoms with Crippen LogP contribution >= 0.6 is 0 Å². The van der Waals surface area contributed by atoms with Gasteiger partial charge in [-0.25, -0.2) is 0 Å². The molecule has 2 heteroatoms. The number of para-hydroxylation sites is 1. The van der Waals surface area contributed by atoms with Crippen LogP contribution in [-0.4, -0.2) is 9.78 Å². The second kappa shape index (κ2) is 2.63. The Morgan fingerprint density at radius 2 is 2.00 bits per heavy atom. The lowest BCUT2D eigenvalue weighted by Gasteiger charge is -2.05. The predicted molar refractivity (Wildman–Crippen MR) is 50.1 cm³/mol. The standard InChI is InChI=1S/C10H12N2/c1-8(2)12-10-6-4-3-5-9(10)7-11-12/h3-8H,1-2H3. The molecule has 12 heavy (non-hydrogen) atoms. The van der Waals surface area contributed by atoms with Crippen LogP contribution in [0.2, 0.25) is 0 Å². The molecule has 62 valence electrons. The molecule has 0 aliphatic carbocycles. The summed E-state index contributed by atoms with van der Waals surface area (Å²) in [7, 11) is 0. The Bertz CT molecular complexity index is 387. The van der Waals surface area contributed by atoms with Gasteiger partial charge >= 0.3 is 0 Å². The van der Waals surface area contributed by atoms with E-state index >= 15 is 0 Å². The van der Waals surface area contributed by atoms with E-state index in [1.54, 1.807) is 0 Å². The fourth-order valence-electron chi connectivity index (χ4n) is 1.40. The molecule has 0 unspecified atom stereocenters. The van der Waals surface area contributed by atoms with Gasteiger partial charge in [-0.1, -0.05) is 18.2 Å². The van der Waals surface area contributed by atoms with Gasteiger partial charge in [0.15, 0.2) is 0 Å². The average Bonchev–Trinajstić information content (AvgIpc) is 2.47. The summed E-state index contributed by atoms with van der Waals surface area (Å²) in [5.41, 5.74) is 1.22. The zero-order chi connectivity index (χ0) is 8.55. The minimum absolute atomic E-state index is 0.435. The highest BCUT2D eigenvalue weighted by Gasteiger charge is 2.02. The third kappa shape index (κ3) is 0.998. The molecule has 0 bridgehead atoms. The molecule has 0 atom stereocenters. The minimum Gasteiger partial charge on any atom is -0.262 e. The van der Waals surface area contributed by atoms with Crippen molar-refractivity contribution in [2.75, 3.05) is 0 Å². The number of hydrogen-bond donors (Lipinski definition) is 0. The molecule has 1 heterocycles. The van der Waals surface area contributed by atoms with Gasteiger partial charge in [0.25, 0.3) is 0 Å². The Morgan fingerprint density at radius 3 is 2.75 bits per heavy atom. The van der Waals surface area contributed by atoms with Crippen molar-refractivity contribution < 1.29 is 0 Å². The predicted octanol–water partition coefficient (Wildman–Crippen LogP) is 2.62. The molecule has 2 aromatic rings. The second-order valence-electron chi connectivity index (χ2n) is 3.24. The van der Waals surface area contributed by atoms with Gasteiger partial charge in [0.05, 0.1) is 11.7 Å². The van der Waals surface area contributed by atoms with Gasteiger partial charge in [-0.2, -0.15) is 5.10 Å². The maximum atomic E-state index is 4.31. The van der Waals surface area contributed by atoms with Gasteiger partial charge < -0.3 is 0 Å². The van der Waals surface area contributed by atoms with Crippen molar-refractivity contribution in [3.05, 3.63) is 30.5 Å². The lowest BCUT2D eigenvalue weighted by atomic mass is 10.2. The summed E-state index contributed by atoms with van der Waals surface area (Å²) in [5, 5.41) is 5.53. The van der Waals surface area contributed by atoms with Crippen LogP contribution in [-0.2, 0) is 0 Å². The van der Waals surface area contributed by atoms with Crippen molar-refractivity contribution in [1.82, 2.24) is 9.78 Å². The summed E-state index contributed by atoms with van der Waals surface area (Å²) >= 11 is 0. The number of aromatic nitrogens is 2. The van der Waals surface area contributed by atoms with Crippen LogP contribution in [0.3, 0.4) is 0 Å². The Balaban J connectivity index is 2.70. The second-order valence-corrected chi connectivity index (χ2v) is 3.24. The van der Waals surface area contributed by atoms with Crippen LogP contribution in [0, 0.1) is 0 Å². The number of nitrogens with zero attached hydrogens (tertiary/aromatic N) is 2. The highest BCUT2D eigenvalue weighted by molar-refractivity contribution is 5.78. The van der Waals surface area contributed by atoms with Crippen LogP contribution in [0.15, 0.2) is 30.5 Å². The zero-order valence-electron chi connectivity index (χ0n) is 7.36. The SMILES string of the molecule is CC(C)n1ncc2ccccc21. The van der Waals surface area contributed by atoms with E-state index in [9.17, 15) is 0 Å². The molecule has 1 aromatic heterocycles. The van der Waals surface area contributed by atoms with Crippen molar-refractivity contribution in [1.29, 1.82) is 0 Å². The molecule has 0 spiro atoms. The topological polar surface area (TPSA) is 17.8 Å². The first-order valence-corrected chi connectivity index (χ1v) is 4.21. The third-order valence-corrected chi connectivity index (χ3v) is 1.99. The van der Waals surface area contributed by atoms with E-state index in [-0.39, 0.29) is 0 Å². The van der Waals surface area contributed by atoms with Crippen LogP contribution in [0.5, 0.6) is 0 Å². The van der Waals surface area contributed by atoms with Gasteiger partial charge in [0.1, 0.15) is 0 Å². The fourth-order valence-corrected chi connectivity index (χ4v) is 1.40. The number of rotatable bonds is 1. The Labute approximate surface area is 71.8 Å². The lowest BCUT2D eigenvalue weighted by Crippen LogP contribution is -2.01. The highest BCUT2D eigenvalue weighted by atomic mass is 15.3. The molecule has 0 aliphatic rings. The molecular weight excluding hydrogens is 148 g/mol. The van der Waals surface area contributed by atoms with Crippen molar-refractivity contribution in [2.24, 2.45) is 0 Å². The Morgan fingerprint density at radius 1 is 1.25 bits per heavy atom. The van der Waals surface area contributed by atoms with Gasteiger partial charge in [-0.15, -0.1) is 0 Å². The average molecular weight is 160 g/mol. The number of hydrogen-bond acceptors (Lipinski definition) is 1. The van der Waals surface area contributed by atoms with Gasteiger partial charge in [-0.3, -0.25) is 4.68 Å². The summed E-state index contributed by atoms with van der Waals surface area (Å²) in [5.74, 6) is 0. The third-order valence-electron chi connectivity index (χ3n) is 1.99. The maximum Gasteiger partial charge on any atom is 0.0685 e. The van der Waals surface area contributed by atoms with Gasteiger partial charge in [-0.05, 0) is 19.9 Å². The zero-order valence-corrected chi connectivity index (χ0v) is 7.36. The number of fused-ring (bicyclic) bond motifs is 1. The summed E-state index contributed by atoms with van der Waals surface area (Å²) in [6, 6.07) is 8.70. The first-order chi connectivity index (χ1) is 5.79. The summed E-state index contributed by atoms with van der Waals surface area (Å²) in [6.45, 7) is 4.28. The normalized spacial score (nSPS) is 11.2. The molecular formula is C10H12N2. The summed E-state index contributed by atoms with van der Waals surface area (Å²) < 4.78 is 2.04. The summed E-state index contributed by atoms with van der Waals surface area (Å²) in [4.78, 5) is 0. The van der Waals surface area contributed by atoms with E-state index in [2.05, 4.69) is 31.1 Å². The van der Waals surface area contributed by atoms with Crippen molar-refractivity contribution in [3.8, 4) is 0 Å². The Kier molecular flexibility index (Phi) is 1.61. The maximum absolute atomic E-state index is 4.31. The Hall–Kier alpha value is -1.31. The minimum atomic E-state index is 0.435. The van der Waals surface area contributed by atoms with Crippen LogP contribution < -0.4 is 0 Å². The molecule has 0 amide bonds. The molecule has 0 aliphatic heterocycles. The largest absolute Gasteiger partial charge is 0.262 e. The van der Waals surface area contributed by atoms with Crippen LogP contribution in [0.1, 0.15) is 19.9 Å². The lowest BCUT2D eigenvalue weighted by molar-refractivity contribution is 0.551. The van der Waals surface area contributed by atoms with E-state index in [1.165, 1.54) is 10.9 Å². The summed E-state index contributed by atoms with van der Waals surface area (Å²) in [6.07, 6.45) is 1.91. The van der Waals surface area contributed by atoms with Crippen molar-refractivity contribution in [3.63, 3.8) is 0 Å². The quantitative estimate of drug-likeness (QED) is 0.627. The van der Waals surface area contributed by atoms with Gasteiger partial charge in [0.2, 0.25) is 0 Å². The molecule has 0 N–H and O–H groups in total. The molecule has 2 rings (SSSR count). The van der Waals surface area contributed by atoms with E-state index in [1.807, 2.05) is 23.0 Å². The van der Waals surface area contributed by atoms with Crippen LogP contribution in [0.25, 0.3) is 10.9 Å². The molecule has 0 fully saturated rings. The van der Waals surface area contributed by atoms with E-state index in [0.717, 1.165) is 0 Å². The first kappa shape index (κ1) is 7.35. The van der Waals surface area contributed by atoms with E-state index in [4.69, 9.17) is 0 Å². The van der Waals surface area contributed by atoms with Crippen molar-refractivity contribution >= 4 is 10.9 Å². The highest BCUT2D eigenvalue weighted by Crippen LogP contribution is 2.16. The molecule has 1 aromatic carbocycles. The van der Waals surface area contributed by atoms with Gasteiger partial charge in [0, 0.05) is 11.4 Å². The molecule has 0 saturated carbocycles. The van der Waals surface area contributed by atoms with Crippen LogP contribution in [0.4, 0.5) is 0 Å².